The summed E-state index contributed by atoms with van der Waals surface area (Å²) in [6.45, 7) is 1.25. The van der Waals surface area contributed by atoms with E-state index < -0.39 is 11.6 Å². The van der Waals surface area contributed by atoms with Gasteiger partial charge in [0.15, 0.2) is 17.3 Å². The molecule has 1 fully saturated rings. The van der Waals surface area contributed by atoms with Gasteiger partial charge in [-0.1, -0.05) is 35.5 Å². The minimum absolute atomic E-state index is 0.102. The van der Waals surface area contributed by atoms with Gasteiger partial charge < -0.3 is 10.2 Å². The smallest absolute Gasteiger partial charge is 0.273 e. The summed E-state index contributed by atoms with van der Waals surface area (Å²) < 4.78 is 28.2. The summed E-state index contributed by atoms with van der Waals surface area (Å²) in [5.41, 5.74) is 1.26. The van der Waals surface area contributed by atoms with Gasteiger partial charge in [-0.2, -0.15) is 0 Å². The third-order valence-corrected chi connectivity index (χ3v) is 5.27. The van der Waals surface area contributed by atoms with Crippen LogP contribution in [0, 0.1) is 11.6 Å². The predicted octanol–water partition coefficient (Wildman–Crippen LogP) is 2.79. The monoisotopic (exact) mass is 425 g/mol. The number of nitrogens with zero attached hydrogens (tertiary/aromatic N) is 4. The lowest BCUT2D eigenvalue weighted by atomic mass is 10.1. The minimum Gasteiger partial charge on any atom is -0.347 e. The molecule has 0 saturated carbocycles. The molecule has 0 spiro atoms. The summed E-state index contributed by atoms with van der Waals surface area (Å²) >= 11 is 0. The first-order chi connectivity index (χ1) is 15.0. The molecule has 1 aliphatic rings. The first-order valence-electron chi connectivity index (χ1n) is 9.99. The number of hydrogen-bond acceptors (Lipinski definition) is 4. The molecule has 1 saturated heterocycles. The molecule has 1 N–H and O–H groups in total. The normalized spacial score (nSPS) is 15.8. The van der Waals surface area contributed by atoms with E-state index in [1.807, 2.05) is 30.3 Å². The van der Waals surface area contributed by atoms with Crippen molar-refractivity contribution >= 4 is 11.8 Å². The second-order valence-corrected chi connectivity index (χ2v) is 7.42. The van der Waals surface area contributed by atoms with E-state index in [1.54, 1.807) is 11.1 Å². The van der Waals surface area contributed by atoms with Crippen LogP contribution >= 0.6 is 0 Å². The quantitative estimate of drug-likeness (QED) is 0.659. The van der Waals surface area contributed by atoms with Crippen molar-refractivity contribution in [2.45, 2.75) is 32.0 Å². The van der Waals surface area contributed by atoms with Gasteiger partial charge in [-0.3, -0.25) is 9.59 Å². The van der Waals surface area contributed by atoms with Gasteiger partial charge in [0, 0.05) is 18.7 Å². The van der Waals surface area contributed by atoms with E-state index in [1.165, 1.54) is 10.7 Å². The number of carbonyl (C=O) groups excluding carboxylic acids is 2. The van der Waals surface area contributed by atoms with E-state index in [4.69, 9.17) is 0 Å². The maximum atomic E-state index is 13.5. The van der Waals surface area contributed by atoms with Crippen LogP contribution in [0.3, 0.4) is 0 Å². The first kappa shape index (κ1) is 20.6. The number of rotatable bonds is 6. The minimum atomic E-state index is -1.05. The van der Waals surface area contributed by atoms with Crippen molar-refractivity contribution < 1.29 is 18.4 Å². The first-order valence-corrected chi connectivity index (χ1v) is 9.99. The fraction of sp³-hybridized carbons (Fsp3) is 0.273. The van der Waals surface area contributed by atoms with Gasteiger partial charge >= 0.3 is 0 Å². The molecule has 4 rings (SSSR count). The van der Waals surface area contributed by atoms with E-state index in [0.29, 0.717) is 19.6 Å². The molecule has 31 heavy (non-hydrogen) atoms. The van der Waals surface area contributed by atoms with Crippen molar-refractivity contribution in [3.05, 3.63) is 83.2 Å². The van der Waals surface area contributed by atoms with E-state index in [9.17, 15) is 18.4 Å². The molecule has 1 aromatic heterocycles. The third kappa shape index (κ3) is 4.76. The van der Waals surface area contributed by atoms with Crippen molar-refractivity contribution in [3.8, 4) is 0 Å². The Kier molecular flexibility index (Phi) is 6.01. The zero-order valence-electron chi connectivity index (χ0n) is 16.7. The lowest BCUT2D eigenvalue weighted by Crippen LogP contribution is -2.38. The number of carbonyl (C=O) groups is 2. The number of amides is 2. The third-order valence-electron chi connectivity index (χ3n) is 5.27. The Labute approximate surface area is 177 Å². The summed E-state index contributed by atoms with van der Waals surface area (Å²) in [5, 5.41) is 10.7. The number of halogens is 2. The molecular formula is C22H21F2N5O2. The van der Waals surface area contributed by atoms with E-state index in [0.717, 1.165) is 30.5 Å². The van der Waals surface area contributed by atoms with Crippen LogP contribution in [0.4, 0.5) is 8.78 Å². The summed E-state index contributed by atoms with van der Waals surface area (Å²) in [6, 6.07) is 12.5. The van der Waals surface area contributed by atoms with Gasteiger partial charge in [0.1, 0.15) is 0 Å². The second-order valence-electron chi connectivity index (χ2n) is 7.42. The second kappa shape index (κ2) is 9.03. The average Bonchev–Trinajstić information content (AvgIpc) is 3.44. The highest BCUT2D eigenvalue weighted by Gasteiger charge is 2.30. The molecule has 1 aliphatic heterocycles. The Bertz CT molecular complexity index is 1090. The summed E-state index contributed by atoms with van der Waals surface area (Å²) in [5.74, 6) is -2.74. The molecule has 7 nitrogen and oxygen atoms in total. The standard InChI is InChI=1S/C22H21F2N5O2/c23-18-9-8-16(11-19(18)24)22(31)29-10-4-7-17(29)13-28-14-20(26-27-28)21(30)25-12-15-5-2-1-3-6-15/h1-3,5-6,8-9,11,14,17H,4,7,10,12-13H2,(H,25,30). The van der Waals surface area contributed by atoms with Crippen molar-refractivity contribution in [1.29, 1.82) is 0 Å². The van der Waals surface area contributed by atoms with Crippen molar-refractivity contribution in [1.82, 2.24) is 25.2 Å². The van der Waals surface area contributed by atoms with Crippen LogP contribution in [0.2, 0.25) is 0 Å². The van der Waals surface area contributed by atoms with Gasteiger partial charge in [0.25, 0.3) is 11.8 Å². The zero-order valence-corrected chi connectivity index (χ0v) is 16.7. The van der Waals surface area contributed by atoms with Crippen LogP contribution in [0.1, 0.15) is 39.3 Å². The van der Waals surface area contributed by atoms with Crippen molar-refractivity contribution in [2.24, 2.45) is 0 Å². The van der Waals surface area contributed by atoms with Crippen LogP contribution in [-0.2, 0) is 13.1 Å². The maximum absolute atomic E-state index is 13.5. The lowest BCUT2D eigenvalue weighted by molar-refractivity contribution is 0.0720. The van der Waals surface area contributed by atoms with Gasteiger partial charge in [-0.15, -0.1) is 5.10 Å². The molecular weight excluding hydrogens is 404 g/mol. The van der Waals surface area contributed by atoms with Gasteiger partial charge in [-0.05, 0) is 36.6 Å². The molecule has 160 valence electrons. The van der Waals surface area contributed by atoms with Gasteiger partial charge in [0.05, 0.1) is 18.8 Å². The molecule has 0 radical (unpaired) electrons. The zero-order chi connectivity index (χ0) is 21.8. The molecule has 3 aromatic rings. The largest absolute Gasteiger partial charge is 0.347 e. The maximum Gasteiger partial charge on any atom is 0.273 e. The number of benzene rings is 2. The Morgan fingerprint density at radius 2 is 1.90 bits per heavy atom. The molecule has 1 atom stereocenters. The molecule has 2 aromatic carbocycles. The molecule has 2 heterocycles. The topological polar surface area (TPSA) is 80.1 Å². The number of aromatic nitrogens is 3. The van der Waals surface area contributed by atoms with Crippen molar-refractivity contribution in [2.75, 3.05) is 6.54 Å². The Morgan fingerprint density at radius 1 is 1.10 bits per heavy atom. The summed E-state index contributed by atoms with van der Waals surface area (Å²) in [6.07, 6.45) is 3.07. The van der Waals surface area contributed by atoms with E-state index >= 15 is 0 Å². The molecule has 2 amide bonds. The molecule has 9 heteroatoms. The fourth-order valence-corrected chi connectivity index (χ4v) is 3.66. The summed E-state index contributed by atoms with van der Waals surface area (Å²) in [4.78, 5) is 26.7. The number of nitrogens with one attached hydrogen (secondary N) is 1. The van der Waals surface area contributed by atoms with Crippen LogP contribution in [0.25, 0.3) is 0 Å². The molecule has 0 bridgehead atoms. The predicted molar refractivity (Wildman–Crippen MR) is 108 cm³/mol. The number of likely N-dealkylation sites (tertiary alicyclic amines) is 1. The highest BCUT2D eigenvalue weighted by molar-refractivity contribution is 5.94. The van der Waals surface area contributed by atoms with Gasteiger partial charge in [-0.25, -0.2) is 13.5 Å². The van der Waals surface area contributed by atoms with Crippen LogP contribution in [0.5, 0.6) is 0 Å². The highest BCUT2D eigenvalue weighted by Crippen LogP contribution is 2.22. The van der Waals surface area contributed by atoms with Crippen molar-refractivity contribution in [3.63, 3.8) is 0 Å². The lowest BCUT2D eigenvalue weighted by Gasteiger charge is -2.24. The van der Waals surface area contributed by atoms with Crippen LogP contribution in [0.15, 0.2) is 54.7 Å². The van der Waals surface area contributed by atoms with E-state index in [-0.39, 0.29) is 29.1 Å². The Hall–Kier alpha value is -3.62. The molecule has 1 unspecified atom stereocenters. The SMILES string of the molecule is O=C(NCc1ccccc1)c1cn(CC2CCCN2C(=O)c2ccc(F)c(F)c2)nn1. The Morgan fingerprint density at radius 3 is 2.68 bits per heavy atom. The van der Waals surface area contributed by atoms with Gasteiger partial charge in [0.2, 0.25) is 0 Å². The van der Waals surface area contributed by atoms with Crippen LogP contribution < -0.4 is 5.32 Å². The Balaban J connectivity index is 1.38. The van der Waals surface area contributed by atoms with E-state index in [2.05, 4.69) is 15.6 Å². The fourth-order valence-electron chi connectivity index (χ4n) is 3.66. The highest BCUT2D eigenvalue weighted by atomic mass is 19.2. The summed E-state index contributed by atoms with van der Waals surface area (Å²) in [7, 11) is 0. The van der Waals surface area contributed by atoms with Crippen LogP contribution in [-0.4, -0.2) is 44.3 Å². The molecule has 0 aliphatic carbocycles. The number of hydrogen-bond donors (Lipinski definition) is 1. The average molecular weight is 425 g/mol.